The van der Waals surface area contributed by atoms with Crippen molar-refractivity contribution < 1.29 is 4.74 Å². The van der Waals surface area contributed by atoms with Crippen LogP contribution in [0.4, 0.5) is 11.4 Å². The van der Waals surface area contributed by atoms with E-state index in [0.717, 1.165) is 19.6 Å². The zero-order valence-electron chi connectivity index (χ0n) is 17.4. The van der Waals surface area contributed by atoms with Crippen LogP contribution >= 0.6 is 0 Å². The molecule has 0 amide bonds. The van der Waals surface area contributed by atoms with Crippen molar-refractivity contribution in [2.24, 2.45) is 5.41 Å². The molecule has 5 rings (SSSR count). The van der Waals surface area contributed by atoms with E-state index in [-0.39, 0.29) is 0 Å². The molecule has 152 valence electrons. The van der Waals surface area contributed by atoms with Gasteiger partial charge in [0, 0.05) is 63.2 Å². The molecule has 5 heteroatoms. The number of benzene rings is 1. The summed E-state index contributed by atoms with van der Waals surface area (Å²) >= 11 is 0. The molecule has 4 heterocycles. The fourth-order valence-corrected chi connectivity index (χ4v) is 5.75. The monoisotopic (exact) mass is 382 g/mol. The molecule has 2 saturated heterocycles. The van der Waals surface area contributed by atoms with Gasteiger partial charge in [0.2, 0.25) is 0 Å². The fourth-order valence-electron chi connectivity index (χ4n) is 5.75. The molecule has 4 aliphatic heterocycles. The molecule has 0 bridgehead atoms. The number of anilines is 2. The van der Waals surface area contributed by atoms with Crippen LogP contribution in [-0.2, 0) is 11.2 Å². The molecule has 1 N–H and O–H groups in total. The largest absolute Gasteiger partial charge is 0.381 e. The van der Waals surface area contributed by atoms with Gasteiger partial charge in [0.15, 0.2) is 0 Å². The maximum atomic E-state index is 5.61. The summed E-state index contributed by atoms with van der Waals surface area (Å²) in [7, 11) is 4.29. The standard InChI is InChI=1S/C23H34N4O/c1-24-20-6-4-18-3-5-19(17-21(18)27-14-13-25(2)22(20)27)26-11-7-23(8-12-26)9-15-28-16-10-23/h3,5,13-14,17,20,22,24H,4,6-12,15-16H2,1-2H3. The van der Waals surface area contributed by atoms with Gasteiger partial charge in [-0.05, 0) is 68.7 Å². The lowest BCUT2D eigenvalue weighted by Gasteiger charge is -2.45. The summed E-state index contributed by atoms with van der Waals surface area (Å²) in [4.78, 5) is 7.44. The first-order valence-corrected chi connectivity index (χ1v) is 11.0. The van der Waals surface area contributed by atoms with E-state index in [4.69, 9.17) is 4.74 Å². The Kier molecular flexibility index (Phi) is 4.76. The van der Waals surface area contributed by atoms with Crippen LogP contribution in [0.5, 0.6) is 0 Å². The van der Waals surface area contributed by atoms with Crippen LogP contribution < -0.4 is 15.1 Å². The lowest BCUT2D eigenvalue weighted by molar-refractivity contribution is 0.00212. The second-order valence-electron chi connectivity index (χ2n) is 9.13. The number of ether oxygens (including phenoxy) is 1. The molecule has 1 aromatic rings. The predicted molar refractivity (Wildman–Crippen MR) is 115 cm³/mol. The van der Waals surface area contributed by atoms with Gasteiger partial charge in [-0.3, -0.25) is 0 Å². The van der Waals surface area contributed by atoms with Gasteiger partial charge in [0.25, 0.3) is 0 Å². The minimum Gasteiger partial charge on any atom is -0.381 e. The molecule has 0 aliphatic carbocycles. The number of hydrogen-bond acceptors (Lipinski definition) is 5. The van der Waals surface area contributed by atoms with Crippen molar-refractivity contribution in [3.8, 4) is 0 Å². The average Bonchev–Trinajstić information content (AvgIpc) is 3.03. The highest BCUT2D eigenvalue weighted by Crippen LogP contribution is 2.43. The lowest BCUT2D eigenvalue weighted by Crippen LogP contribution is -2.51. The highest BCUT2D eigenvalue weighted by Gasteiger charge is 2.38. The van der Waals surface area contributed by atoms with Gasteiger partial charge in [-0.15, -0.1) is 0 Å². The molecule has 1 spiro atoms. The number of nitrogens with zero attached hydrogens (tertiary/aromatic N) is 3. The molecule has 2 unspecified atom stereocenters. The highest BCUT2D eigenvalue weighted by atomic mass is 16.5. The van der Waals surface area contributed by atoms with Crippen molar-refractivity contribution in [2.45, 2.75) is 50.7 Å². The van der Waals surface area contributed by atoms with Crippen molar-refractivity contribution >= 4 is 11.4 Å². The number of rotatable bonds is 2. The molecule has 2 fully saturated rings. The summed E-state index contributed by atoms with van der Waals surface area (Å²) in [5.74, 6) is 0. The summed E-state index contributed by atoms with van der Waals surface area (Å²) in [5, 5.41) is 3.55. The third kappa shape index (κ3) is 3.09. The number of nitrogens with one attached hydrogen (secondary N) is 1. The summed E-state index contributed by atoms with van der Waals surface area (Å²) in [6.07, 6.45) is 12.3. The van der Waals surface area contributed by atoms with E-state index in [1.54, 1.807) is 0 Å². The number of likely N-dealkylation sites (N-methyl/N-ethyl adjacent to an activating group) is 2. The summed E-state index contributed by atoms with van der Waals surface area (Å²) in [6.45, 7) is 4.28. The van der Waals surface area contributed by atoms with Gasteiger partial charge in [-0.25, -0.2) is 0 Å². The highest BCUT2D eigenvalue weighted by molar-refractivity contribution is 5.67. The summed E-state index contributed by atoms with van der Waals surface area (Å²) in [5.41, 5.74) is 4.81. The normalized spacial score (nSPS) is 29.0. The van der Waals surface area contributed by atoms with Crippen LogP contribution in [0.1, 0.15) is 37.7 Å². The van der Waals surface area contributed by atoms with Gasteiger partial charge >= 0.3 is 0 Å². The van der Waals surface area contributed by atoms with E-state index in [1.165, 1.54) is 62.1 Å². The molecule has 0 aromatic heterocycles. The van der Waals surface area contributed by atoms with E-state index in [0.29, 0.717) is 17.6 Å². The quantitative estimate of drug-likeness (QED) is 0.849. The topological polar surface area (TPSA) is 31.0 Å². The minimum absolute atomic E-state index is 0.369. The summed E-state index contributed by atoms with van der Waals surface area (Å²) < 4.78 is 5.61. The first-order chi connectivity index (χ1) is 13.7. The first-order valence-electron chi connectivity index (χ1n) is 11.0. The molecule has 0 radical (unpaired) electrons. The average molecular weight is 383 g/mol. The molecular formula is C23H34N4O. The van der Waals surface area contributed by atoms with E-state index < -0.39 is 0 Å². The molecular weight excluding hydrogens is 348 g/mol. The maximum absolute atomic E-state index is 5.61. The first kappa shape index (κ1) is 18.3. The van der Waals surface area contributed by atoms with Gasteiger partial charge in [-0.1, -0.05) is 6.07 Å². The number of aryl methyl sites for hydroxylation is 1. The van der Waals surface area contributed by atoms with E-state index >= 15 is 0 Å². The minimum atomic E-state index is 0.369. The molecule has 28 heavy (non-hydrogen) atoms. The number of fused-ring (bicyclic) bond motifs is 3. The smallest absolute Gasteiger partial charge is 0.121 e. The predicted octanol–water partition coefficient (Wildman–Crippen LogP) is 3.17. The zero-order valence-corrected chi connectivity index (χ0v) is 17.4. The van der Waals surface area contributed by atoms with Crippen LogP contribution in [0.25, 0.3) is 0 Å². The Morgan fingerprint density at radius 3 is 2.61 bits per heavy atom. The second kappa shape index (κ2) is 7.27. The van der Waals surface area contributed by atoms with E-state index in [2.05, 4.69) is 64.7 Å². The van der Waals surface area contributed by atoms with Crippen LogP contribution in [0.3, 0.4) is 0 Å². The lowest BCUT2D eigenvalue weighted by atomic mass is 9.72. The summed E-state index contributed by atoms with van der Waals surface area (Å²) in [6, 6.07) is 7.66. The molecule has 0 saturated carbocycles. The Hall–Kier alpha value is -1.72. The van der Waals surface area contributed by atoms with Crippen LogP contribution in [0.15, 0.2) is 30.6 Å². The van der Waals surface area contributed by atoms with Gasteiger partial charge < -0.3 is 24.8 Å². The van der Waals surface area contributed by atoms with Gasteiger partial charge in [0.05, 0.1) is 0 Å². The van der Waals surface area contributed by atoms with E-state index in [9.17, 15) is 0 Å². The molecule has 2 atom stereocenters. The van der Waals surface area contributed by atoms with Gasteiger partial charge in [0.1, 0.15) is 6.17 Å². The third-order valence-corrected chi connectivity index (χ3v) is 7.71. The molecule has 5 nitrogen and oxygen atoms in total. The Morgan fingerprint density at radius 2 is 1.86 bits per heavy atom. The maximum Gasteiger partial charge on any atom is 0.121 e. The Balaban J connectivity index is 1.38. The van der Waals surface area contributed by atoms with Crippen LogP contribution in [0, 0.1) is 5.41 Å². The Labute approximate surface area is 169 Å². The molecule has 1 aromatic carbocycles. The fraction of sp³-hybridized carbons (Fsp3) is 0.652. The Bertz CT molecular complexity index is 732. The van der Waals surface area contributed by atoms with Gasteiger partial charge in [-0.2, -0.15) is 0 Å². The van der Waals surface area contributed by atoms with Crippen molar-refractivity contribution in [3.63, 3.8) is 0 Å². The zero-order chi connectivity index (χ0) is 19.1. The van der Waals surface area contributed by atoms with Crippen LogP contribution in [-0.4, -0.2) is 57.5 Å². The third-order valence-electron chi connectivity index (χ3n) is 7.71. The molecule has 4 aliphatic rings. The van der Waals surface area contributed by atoms with Crippen molar-refractivity contribution in [1.82, 2.24) is 10.2 Å². The second-order valence-corrected chi connectivity index (χ2v) is 9.13. The SMILES string of the molecule is CNC1CCc2ccc(N3CCC4(CCOCC4)CC3)cc2N2C=CN(C)C12. The number of piperidine rings is 1. The Morgan fingerprint density at radius 1 is 1.07 bits per heavy atom. The van der Waals surface area contributed by atoms with Crippen LogP contribution in [0.2, 0.25) is 0 Å². The van der Waals surface area contributed by atoms with Crippen molar-refractivity contribution in [2.75, 3.05) is 50.2 Å². The van der Waals surface area contributed by atoms with Crippen molar-refractivity contribution in [1.29, 1.82) is 0 Å². The number of hydrogen-bond donors (Lipinski definition) is 1. The van der Waals surface area contributed by atoms with E-state index in [1.807, 2.05) is 0 Å². The van der Waals surface area contributed by atoms with Crippen molar-refractivity contribution in [3.05, 3.63) is 36.2 Å².